The van der Waals surface area contributed by atoms with Crippen molar-refractivity contribution >= 4 is 40.5 Å². The highest BCUT2D eigenvalue weighted by atomic mass is 32.2. The summed E-state index contributed by atoms with van der Waals surface area (Å²) in [6.45, 7) is 0. The molecule has 1 aliphatic heterocycles. The van der Waals surface area contributed by atoms with Crippen LogP contribution in [0.25, 0.3) is 6.08 Å². The average molecular weight is 475 g/mol. The third-order valence-corrected chi connectivity index (χ3v) is 5.99. The summed E-state index contributed by atoms with van der Waals surface area (Å²) in [5.41, 5.74) is 1.74. The first-order chi connectivity index (χ1) is 16.5. The molecule has 3 aromatic carbocycles. The van der Waals surface area contributed by atoms with E-state index in [1.54, 1.807) is 54.6 Å². The van der Waals surface area contributed by atoms with Crippen molar-refractivity contribution in [2.45, 2.75) is 0 Å². The van der Waals surface area contributed by atoms with E-state index in [9.17, 15) is 9.59 Å². The lowest BCUT2D eigenvalue weighted by Crippen LogP contribution is -2.29. The van der Waals surface area contributed by atoms with Crippen LogP contribution >= 0.6 is 11.8 Å². The van der Waals surface area contributed by atoms with Gasteiger partial charge in [0.05, 0.1) is 31.9 Å². The summed E-state index contributed by atoms with van der Waals surface area (Å²) in [5.74, 6) is 0.684. The lowest BCUT2D eigenvalue weighted by Gasteiger charge is -2.15. The maximum atomic E-state index is 13.4. The van der Waals surface area contributed by atoms with E-state index in [-0.39, 0.29) is 11.1 Å². The minimum absolute atomic E-state index is 0.281. The maximum absolute atomic E-state index is 13.4. The molecule has 3 aromatic rings. The molecule has 2 amide bonds. The van der Waals surface area contributed by atoms with E-state index in [0.29, 0.717) is 39.0 Å². The molecule has 1 fully saturated rings. The van der Waals surface area contributed by atoms with Crippen molar-refractivity contribution in [1.82, 2.24) is 0 Å². The topological polar surface area (TPSA) is 77.4 Å². The molecule has 1 aliphatic rings. The summed E-state index contributed by atoms with van der Waals surface area (Å²) in [4.78, 5) is 32.3. The Balaban J connectivity index is 1.77. The van der Waals surface area contributed by atoms with Crippen LogP contribution in [0.1, 0.15) is 15.9 Å². The number of thioether (sulfide) groups is 1. The normalized spacial score (nSPS) is 15.6. The number of para-hydroxylation sites is 1. The molecule has 1 saturated heterocycles. The highest BCUT2D eigenvalue weighted by molar-refractivity contribution is 8.19. The minimum Gasteiger partial charge on any atom is -0.493 e. The largest absolute Gasteiger partial charge is 0.493 e. The highest BCUT2D eigenvalue weighted by Crippen LogP contribution is 2.41. The lowest BCUT2D eigenvalue weighted by atomic mass is 10.1. The van der Waals surface area contributed by atoms with Gasteiger partial charge in [-0.1, -0.05) is 36.4 Å². The Hall–Kier alpha value is -4.04. The van der Waals surface area contributed by atoms with Crippen molar-refractivity contribution < 1.29 is 23.8 Å². The number of hydrogen-bond acceptors (Lipinski definition) is 6. The number of amides is 2. The molecule has 0 unspecified atom stereocenters. The molecule has 0 radical (unpaired) electrons. The van der Waals surface area contributed by atoms with Crippen LogP contribution in [0.4, 0.5) is 5.69 Å². The number of methoxy groups -OCH3 is 3. The number of nitrogens with zero attached hydrogens (tertiary/aromatic N) is 2. The SMILES string of the molecule is COc1cc(/C=C2/SC(=NC(=O)c3ccccc3)N(c3ccccc3)C2=O)cc(OC)c1OC. The second kappa shape index (κ2) is 10.3. The molecule has 0 saturated carbocycles. The Bertz CT molecular complexity index is 1250. The Morgan fingerprint density at radius 2 is 1.47 bits per heavy atom. The number of benzene rings is 3. The molecule has 0 bridgehead atoms. The molecule has 0 atom stereocenters. The fourth-order valence-corrected chi connectivity index (χ4v) is 4.40. The number of hydrogen-bond donors (Lipinski definition) is 0. The van der Waals surface area contributed by atoms with Crippen molar-refractivity contribution in [1.29, 1.82) is 0 Å². The van der Waals surface area contributed by atoms with E-state index in [4.69, 9.17) is 14.2 Å². The van der Waals surface area contributed by atoms with Gasteiger partial charge in [0.15, 0.2) is 16.7 Å². The van der Waals surface area contributed by atoms with Crippen LogP contribution in [0.2, 0.25) is 0 Å². The number of ether oxygens (including phenoxy) is 3. The van der Waals surface area contributed by atoms with Crippen molar-refractivity contribution in [3.63, 3.8) is 0 Å². The predicted octanol–water partition coefficient (Wildman–Crippen LogP) is 5.03. The molecule has 4 rings (SSSR count). The van der Waals surface area contributed by atoms with Gasteiger partial charge in [-0.15, -0.1) is 0 Å². The fraction of sp³-hybridized carbons (Fsp3) is 0.115. The first-order valence-corrected chi connectivity index (χ1v) is 11.1. The zero-order valence-electron chi connectivity index (χ0n) is 18.8. The molecule has 172 valence electrons. The van der Waals surface area contributed by atoms with Crippen molar-refractivity contribution in [2.75, 3.05) is 26.2 Å². The summed E-state index contributed by atoms with van der Waals surface area (Å²) in [6, 6.07) is 21.3. The zero-order chi connectivity index (χ0) is 24.1. The fourth-order valence-electron chi connectivity index (χ4n) is 3.42. The van der Waals surface area contributed by atoms with Gasteiger partial charge >= 0.3 is 0 Å². The van der Waals surface area contributed by atoms with Gasteiger partial charge in [-0.25, -0.2) is 0 Å². The number of carbonyl (C=O) groups excluding carboxylic acids is 2. The lowest BCUT2D eigenvalue weighted by molar-refractivity contribution is -0.113. The van der Waals surface area contributed by atoms with Crippen molar-refractivity contribution in [3.8, 4) is 17.2 Å². The van der Waals surface area contributed by atoms with Gasteiger partial charge in [0.2, 0.25) is 5.75 Å². The zero-order valence-corrected chi connectivity index (χ0v) is 19.7. The van der Waals surface area contributed by atoms with E-state index in [0.717, 1.165) is 11.8 Å². The van der Waals surface area contributed by atoms with Crippen LogP contribution in [-0.2, 0) is 4.79 Å². The Morgan fingerprint density at radius 3 is 2.03 bits per heavy atom. The van der Waals surface area contributed by atoms with Crippen LogP contribution in [0.15, 0.2) is 82.7 Å². The first kappa shape index (κ1) is 23.1. The average Bonchev–Trinajstić information content (AvgIpc) is 3.18. The molecule has 0 N–H and O–H groups in total. The summed E-state index contributed by atoms with van der Waals surface area (Å²) in [7, 11) is 4.58. The summed E-state index contributed by atoms with van der Waals surface area (Å²) in [6.07, 6.45) is 1.71. The maximum Gasteiger partial charge on any atom is 0.279 e. The number of amidine groups is 1. The van der Waals surface area contributed by atoms with Gasteiger partial charge in [-0.2, -0.15) is 4.99 Å². The monoisotopic (exact) mass is 474 g/mol. The van der Waals surface area contributed by atoms with Gasteiger partial charge in [0, 0.05) is 5.56 Å². The molecule has 1 heterocycles. The molecule has 34 heavy (non-hydrogen) atoms. The van der Waals surface area contributed by atoms with Crippen LogP contribution in [0, 0.1) is 0 Å². The van der Waals surface area contributed by atoms with E-state index < -0.39 is 5.91 Å². The van der Waals surface area contributed by atoms with Crippen LogP contribution in [0.5, 0.6) is 17.2 Å². The van der Waals surface area contributed by atoms with E-state index in [1.165, 1.54) is 26.2 Å². The molecule has 0 aromatic heterocycles. The van der Waals surface area contributed by atoms with Gasteiger partial charge in [-0.05, 0) is 59.8 Å². The second-order valence-electron chi connectivity index (χ2n) is 7.11. The summed E-state index contributed by atoms with van der Waals surface area (Å²) < 4.78 is 16.2. The second-order valence-corrected chi connectivity index (χ2v) is 8.12. The minimum atomic E-state index is -0.425. The Labute approximate surface area is 201 Å². The first-order valence-electron chi connectivity index (χ1n) is 10.3. The molecule has 7 nitrogen and oxygen atoms in total. The molecular formula is C26H22N2O5S. The third-order valence-electron chi connectivity index (χ3n) is 5.02. The molecular weight excluding hydrogens is 452 g/mol. The Kier molecular flexibility index (Phi) is 6.98. The highest BCUT2D eigenvalue weighted by Gasteiger charge is 2.35. The van der Waals surface area contributed by atoms with E-state index in [2.05, 4.69) is 4.99 Å². The van der Waals surface area contributed by atoms with E-state index in [1.807, 2.05) is 24.3 Å². The number of rotatable bonds is 6. The van der Waals surface area contributed by atoms with Gasteiger partial charge < -0.3 is 14.2 Å². The van der Waals surface area contributed by atoms with Gasteiger partial charge in [0.25, 0.3) is 11.8 Å². The molecule has 8 heteroatoms. The Morgan fingerprint density at radius 1 is 0.882 bits per heavy atom. The quantitative estimate of drug-likeness (QED) is 0.467. The van der Waals surface area contributed by atoms with E-state index >= 15 is 0 Å². The standard InChI is InChI=1S/C26H22N2O5S/c1-31-20-14-17(15-21(32-2)23(20)33-3)16-22-25(30)28(19-12-8-5-9-13-19)26(34-22)27-24(29)18-10-6-4-7-11-18/h4-16H,1-3H3/b22-16+,27-26?. The van der Waals surface area contributed by atoms with Crippen LogP contribution < -0.4 is 19.1 Å². The van der Waals surface area contributed by atoms with Crippen LogP contribution in [-0.4, -0.2) is 38.3 Å². The third kappa shape index (κ3) is 4.67. The predicted molar refractivity (Wildman–Crippen MR) is 134 cm³/mol. The van der Waals surface area contributed by atoms with Gasteiger partial charge in [-0.3, -0.25) is 14.5 Å². The number of anilines is 1. The molecule has 0 spiro atoms. The smallest absolute Gasteiger partial charge is 0.279 e. The summed E-state index contributed by atoms with van der Waals surface area (Å²) in [5, 5.41) is 0.281. The van der Waals surface area contributed by atoms with Crippen LogP contribution in [0.3, 0.4) is 0 Å². The van der Waals surface area contributed by atoms with Crippen molar-refractivity contribution in [2.24, 2.45) is 4.99 Å². The van der Waals surface area contributed by atoms with Gasteiger partial charge in [0.1, 0.15) is 0 Å². The summed E-state index contributed by atoms with van der Waals surface area (Å²) >= 11 is 1.13. The van der Waals surface area contributed by atoms with Crippen molar-refractivity contribution in [3.05, 3.63) is 88.8 Å². The molecule has 0 aliphatic carbocycles. The number of aliphatic imine (C=N–C) groups is 1. The number of carbonyl (C=O) groups is 2.